The number of hydrogen-bond acceptors (Lipinski definition) is 5. The van der Waals surface area contributed by atoms with Crippen LogP contribution in [0.2, 0.25) is 0 Å². The maximum Gasteiger partial charge on any atom is 0.351 e. The van der Waals surface area contributed by atoms with Crippen LogP contribution in [-0.4, -0.2) is 44.8 Å². The molecule has 8 nitrogen and oxygen atoms in total. The predicted molar refractivity (Wildman–Crippen MR) is 131 cm³/mol. The third-order valence-electron chi connectivity index (χ3n) is 6.42. The van der Waals surface area contributed by atoms with E-state index in [1.807, 2.05) is 19.1 Å². The summed E-state index contributed by atoms with van der Waals surface area (Å²) in [5.41, 5.74) is 2.55. The summed E-state index contributed by atoms with van der Waals surface area (Å²) >= 11 is 0. The Labute approximate surface area is 198 Å². The number of amides is 1. The predicted octanol–water partition coefficient (Wildman–Crippen LogP) is 2.19. The summed E-state index contributed by atoms with van der Waals surface area (Å²) in [6.07, 6.45) is 1.95. The molecule has 1 aliphatic rings. The molecule has 4 rings (SSSR count). The van der Waals surface area contributed by atoms with Gasteiger partial charge in [0.2, 0.25) is 5.69 Å². The van der Waals surface area contributed by atoms with Crippen molar-refractivity contribution in [3.8, 4) is 5.69 Å². The fourth-order valence-electron chi connectivity index (χ4n) is 4.31. The highest BCUT2D eigenvalue weighted by Crippen LogP contribution is 2.19. The molecule has 1 saturated heterocycles. The number of carbonyl (C=O) groups is 1. The van der Waals surface area contributed by atoms with Crippen molar-refractivity contribution in [2.75, 3.05) is 19.6 Å². The smallest absolute Gasteiger partial charge is 0.350 e. The van der Waals surface area contributed by atoms with Crippen LogP contribution in [0.3, 0.4) is 0 Å². The molecule has 8 heteroatoms. The van der Waals surface area contributed by atoms with Gasteiger partial charge in [0.15, 0.2) is 0 Å². The van der Waals surface area contributed by atoms with Crippen molar-refractivity contribution in [2.45, 2.75) is 33.2 Å². The zero-order valence-corrected chi connectivity index (χ0v) is 20.0. The molecule has 0 saturated carbocycles. The highest BCUT2D eigenvalue weighted by molar-refractivity contribution is 5.91. The SMILES string of the molecule is Cc1ccc(-n2nc(C(=O)NCC3CCN(Cc4cccc(C)c4)CC3)c(=O)n(C)c2=O)cc1. The molecule has 1 aliphatic heterocycles. The number of nitrogens with zero attached hydrogens (tertiary/aromatic N) is 4. The largest absolute Gasteiger partial charge is 0.351 e. The second kappa shape index (κ2) is 10.2. The fraction of sp³-hybridized carbons (Fsp3) is 0.385. The highest BCUT2D eigenvalue weighted by Gasteiger charge is 2.22. The van der Waals surface area contributed by atoms with Gasteiger partial charge in [-0.3, -0.25) is 19.1 Å². The summed E-state index contributed by atoms with van der Waals surface area (Å²) in [4.78, 5) is 40.4. The lowest BCUT2D eigenvalue weighted by atomic mass is 9.96. The minimum Gasteiger partial charge on any atom is -0.350 e. The Morgan fingerprint density at radius 3 is 2.41 bits per heavy atom. The summed E-state index contributed by atoms with van der Waals surface area (Å²) in [5, 5.41) is 6.98. The van der Waals surface area contributed by atoms with Crippen LogP contribution in [0.1, 0.15) is 40.0 Å². The fourth-order valence-corrected chi connectivity index (χ4v) is 4.31. The number of hydrogen-bond donors (Lipinski definition) is 1. The van der Waals surface area contributed by atoms with Crippen LogP contribution >= 0.6 is 0 Å². The molecule has 2 heterocycles. The van der Waals surface area contributed by atoms with Crippen LogP contribution in [0.15, 0.2) is 58.1 Å². The van der Waals surface area contributed by atoms with Gasteiger partial charge in [0.05, 0.1) is 5.69 Å². The van der Waals surface area contributed by atoms with Crippen molar-refractivity contribution < 1.29 is 4.79 Å². The maximum atomic E-state index is 12.8. The molecule has 178 valence electrons. The normalized spacial score (nSPS) is 14.8. The number of carbonyl (C=O) groups excluding carboxylic acids is 1. The van der Waals surface area contributed by atoms with Crippen LogP contribution in [-0.2, 0) is 13.6 Å². The lowest BCUT2D eigenvalue weighted by Crippen LogP contribution is -2.45. The molecule has 0 bridgehead atoms. The Kier molecular flexibility index (Phi) is 7.07. The standard InChI is InChI=1S/C26H31N5O3/c1-18-7-9-22(10-8-18)31-26(34)29(3)25(33)23(28-31)24(32)27-16-20-11-13-30(14-12-20)17-21-6-4-5-19(2)15-21/h4-10,15,20H,11-14,16-17H2,1-3H3,(H,27,32). The molecule has 0 unspecified atom stereocenters. The van der Waals surface area contributed by atoms with E-state index in [9.17, 15) is 14.4 Å². The Morgan fingerprint density at radius 2 is 1.74 bits per heavy atom. The molecule has 0 radical (unpaired) electrons. The zero-order valence-electron chi connectivity index (χ0n) is 20.0. The molecule has 3 aromatic rings. The second-order valence-corrected chi connectivity index (χ2v) is 9.16. The summed E-state index contributed by atoms with van der Waals surface area (Å²) in [5.74, 6) is -0.215. The zero-order chi connectivity index (χ0) is 24.2. The quantitative estimate of drug-likeness (QED) is 0.608. The average Bonchev–Trinajstić information content (AvgIpc) is 2.83. The lowest BCUT2D eigenvalue weighted by Gasteiger charge is -2.32. The van der Waals surface area contributed by atoms with E-state index in [4.69, 9.17) is 0 Å². The molecule has 1 N–H and O–H groups in total. The number of aromatic nitrogens is 3. The first-order chi connectivity index (χ1) is 16.3. The van der Waals surface area contributed by atoms with Gasteiger partial charge in [0.25, 0.3) is 11.5 Å². The van der Waals surface area contributed by atoms with Gasteiger partial charge in [0, 0.05) is 20.1 Å². The van der Waals surface area contributed by atoms with Crippen LogP contribution in [0.4, 0.5) is 0 Å². The molecule has 34 heavy (non-hydrogen) atoms. The van der Waals surface area contributed by atoms with E-state index >= 15 is 0 Å². The van der Waals surface area contributed by atoms with Crippen LogP contribution < -0.4 is 16.6 Å². The van der Waals surface area contributed by atoms with Crippen molar-refractivity contribution in [3.05, 3.63) is 91.8 Å². The first-order valence-corrected chi connectivity index (χ1v) is 11.7. The first-order valence-electron chi connectivity index (χ1n) is 11.7. The maximum absolute atomic E-state index is 12.8. The van der Waals surface area contributed by atoms with Crippen molar-refractivity contribution in [1.29, 1.82) is 0 Å². The Morgan fingerprint density at radius 1 is 1.03 bits per heavy atom. The van der Waals surface area contributed by atoms with Crippen LogP contribution in [0.5, 0.6) is 0 Å². The molecule has 1 aromatic heterocycles. The third-order valence-corrected chi connectivity index (χ3v) is 6.42. The Bertz CT molecular complexity index is 1290. The number of rotatable bonds is 6. The number of likely N-dealkylation sites (tertiary alicyclic amines) is 1. The van der Waals surface area contributed by atoms with Gasteiger partial charge in [0.1, 0.15) is 0 Å². The first kappa shape index (κ1) is 23.6. The van der Waals surface area contributed by atoms with Crippen molar-refractivity contribution >= 4 is 5.91 Å². The monoisotopic (exact) mass is 461 g/mol. The molecule has 1 amide bonds. The second-order valence-electron chi connectivity index (χ2n) is 9.16. The van der Waals surface area contributed by atoms with Gasteiger partial charge in [-0.05, 0) is 63.4 Å². The molecular weight excluding hydrogens is 430 g/mol. The molecular formula is C26H31N5O3. The summed E-state index contributed by atoms with van der Waals surface area (Å²) in [6.45, 7) is 7.38. The van der Waals surface area contributed by atoms with E-state index in [0.717, 1.165) is 47.3 Å². The van der Waals surface area contributed by atoms with E-state index < -0.39 is 17.2 Å². The van der Waals surface area contributed by atoms with E-state index in [2.05, 4.69) is 46.5 Å². The van der Waals surface area contributed by atoms with E-state index in [-0.39, 0.29) is 5.69 Å². The number of benzene rings is 2. The van der Waals surface area contributed by atoms with Gasteiger partial charge in [-0.15, -0.1) is 0 Å². The molecule has 0 spiro atoms. The molecule has 1 fully saturated rings. The average molecular weight is 462 g/mol. The van der Waals surface area contributed by atoms with Gasteiger partial charge in [-0.1, -0.05) is 47.5 Å². The van der Waals surface area contributed by atoms with Gasteiger partial charge in [-0.25, -0.2) is 4.79 Å². The van der Waals surface area contributed by atoms with Gasteiger partial charge < -0.3 is 5.32 Å². The highest BCUT2D eigenvalue weighted by atomic mass is 16.2. The van der Waals surface area contributed by atoms with E-state index in [0.29, 0.717) is 18.2 Å². The minimum absolute atomic E-state index is 0.278. The van der Waals surface area contributed by atoms with Crippen LogP contribution in [0, 0.1) is 19.8 Å². The topological polar surface area (TPSA) is 89.2 Å². The summed E-state index contributed by atoms with van der Waals surface area (Å²) in [7, 11) is 1.36. The van der Waals surface area contributed by atoms with E-state index in [1.54, 1.807) is 12.1 Å². The van der Waals surface area contributed by atoms with E-state index in [1.165, 1.54) is 18.2 Å². The Hall–Kier alpha value is -3.52. The van der Waals surface area contributed by atoms with Crippen molar-refractivity contribution in [3.63, 3.8) is 0 Å². The number of piperidine rings is 1. The molecule has 0 aliphatic carbocycles. The number of nitrogens with one attached hydrogen (secondary N) is 1. The van der Waals surface area contributed by atoms with Crippen molar-refractivity contribution in [1.82, 2.24) is 24.6 Å². The summed E-state index contributed by atoms with van der Waals surface area (Å²) in [6, 6.07) is 15.7. The minimum atomic E-state index is -0.696. The third kappa shape index (κ3) is 5.34. The van der Waals surface area contributed by atoms with Gasteiger partial charge in [-0.2, -0.15) is 9.78 Å². The van der Waals surface area contributed by atoms with Gasteiger partial charge >= 0.3 is 5.69 Å². The number of aryl methyl sites for hydroxylation is 2. The lowest BCUT2D eigenvalue weighted by molar-refractivity contribution is 0.0925. The van der Waals surface area contributed by atoms with Crippen molar-refractivity contribution in [2.24, 2.45) is 13.0 Å². The molecule has 2 aromatic carbocycles. The summed E-state index contributed by atoms with van der Waals surface area (Å²) < 4.78 is 2.02. The molecule has 0 atom stereocenters. The van der Waals surface area contributed by atoms with Crippen LogP contribution in [0.25, 0.3) is 5.69 Å². The Balaban J connectivity index is 1.38.